The molecule has 3 aromatic rings. The molecule has 1 aliphatic carbocycles. The van der Waals surface area contributed by atoms with Crippen LogP contribution >= 0.6 is 0 Å². The predicted molar refractivity (Wildman–Crippen MR) is 102 cm³/mol. The van der Waals surface area contributed by atoms with E-state index in [1.807, 2.05) is 6.20 Å². The van der Waals surface area contributed by atoms with E-state index in [4.69, 9.17) is 0 Å². The summed E-state index contributed by atoms with van der Waals surface area (Å²) >= 11 is 0. The number of aromatic nitrogens is 2. The van der Waals surface area contributed by atoms with Gasteiger partial charge in [-0.15, -0.1) is 0 Å². The first-order valence-corrected chi connectivity index (χ1v) is 9.60. The number of benzene rings is 2. The topological polar surface area (TPSA) is 21.1 Å². The van der Waals surface area contributed by atoms with Gasteiger partial charge in [0, 0.05) is 18.5 Å². The van der Waals surface area contributed by atoms with E-state index in [0.29, 0.717) is 6.04 Å². The fourth-order valence-corrected chi connectivity index (χ4v) is 4.23. The molecule has 0 spiro atoms. The molecule has 1 aliphatic heterocycles. The Kier molecular flexibility index (Phi) is 3.82. The van der Waals surface area contributed by atoms with Gasteiger partial charge in [-0.05, 0) is 55.3 Å². The van der Waals surface area contributed by atoms with Gasteiger partial charge in [-0.1, -0.05) is 42.5 Å². The van der Waals surface area contributed by atoms with Gasteiger partial charge in [-0.2, -0.15) is 5.10 Å². The third-order valence-corrected chi connectivity index (χ3v) is 5.77. The lowest BCUT2D eigenvalue weighted by molar-refractivity contribution is 0.165. The summed E-state index contributed by atoms with van der Waals surface area (Å²) in [6.45, 7) is 3.34. The smallest absolute Gasteiger partial charge is 0.0686 e. The first-order chi connectivity index (χ1) is 12.4. The Morgan fingerprint density at radius 2 is 1.80 bits per heavy atom. The highest BCUT2D eigenvalue weighted by Gasteiger charge is 2.24. The molecule has 0 N–H and O–H groups in total. The van der Waals surface area contributed by atoms with Crippen LogP contribution in [-0.4, -0.2) is 27.8 Å². The van der Waals surface area contributed by atoms with Gasteiger partial charge in [-0.25, -0.2) is 0 Å². The highest BCUT2D eigenvalue weighted by atomic mass is 15.3. The van der Waals surface area contributed by atoms with Crippen LogP contribution in [0.2, 0.25) is 0 Å². The second kappa shape index (κ2) is 6.30. The molecule has 3 heteroatoms. The summed E-state index contributed by atoms with van der Waals surface area (Å²) in [7, 11) is 0. The summed E-state index contributed by atoms with van der Waals surface area (Å²) in [5.74, 6) is 0.849. The minimum Gasteiger partial charge on any atom is -0.297 e. The number of hydrogen-bond acceptors (Lipinski definition) is 2. The van der Waals surface area contributed by atoms with Crippen molar-refractivity contribution in [1.82, 2.24) is 14.7 Å². The summed E-state index contributed by atoms with van der Waals surface area (Å²) in [6, 6.07) is 18.4. The van der Waals surface area contributed by atoms with Crippen LogP contribution in [0, 0.1) is 0 Å². The molecule has 0 bridgehead atoms. The molecule has 1 atom stereocenters. The van der Waals surface area contributed by atoms with E-state index in [-0.39, 0.29) is 0 Å². The third-order valence-electron chi connectivity index (χ3n) is 5.77. The van der Waals surface area contributed by atoms with E-state index in [2.05, 4.69) is 63.2 Å². The molecular formula is C22H25N3. The van der Waals surface area contributed by atoms with Crippen LogP contribution in [0.4, 0.5) is 0 Å². The molecule has 1 saturated heterocycles. The Bertz CT molecular complexity index is 860. The summed E-state index contributed by atoms with van der Waals surface area (Å²) in [5, 5.41) is 5.93. The van der Waals surface area contributed by atoms with Gasteiger partial charge in [0.1, 0.15) is 0 Å². The number of fused-ring (bicyclic) bond motifs is 1. The number of rotatable bonds is 4. The van der Waals surface area contributed by atoms with Gasteiger partial charge in [-0.3, -0.25) is 9.58 Å². The van der Waals surface area contributed by atoms with Gasteiger partial charge in [0.05, 0.1) is 17.8 Å². The molecule has 128 valence electrons. The van der Waals surface area contributed by atoms with Crippen LogP contribution in [-0.2, 0) is 6.54 Å². The SMILES string of the molecule is c1ccc2c(c1)cnn2C1CCCN(Cc2ccc(C3CC3)cc2)C1. The first-order valence-electron chi connectivity index (χ1n) is 9.60. The lowest BCUT2D eigenvalue weighted by Gasteiger charge is -2.33. The van der Waals surface area contributed by atoms with Crippen molar-refractivity contribution in [1.29, 1.82) is 0 Å². The molecule has 2 heterocycles. The average Bonchev–Trinajstić information content (AvgIpc) is 3.41. The second-order valence-electron chi connectivity index (χ2n) is 7.69. The second-order valence-corrected chi connectivity index (χ2v) is 7.69. The van der Waals surface area contributed by atoms with Crippen molar-refractivity contribution in [3.63, 3.8) is 0 Å². The number of likely N-dealkylation sites (tertiary alicyclic amines) is 1. The summed E-state index contributed by atoms with van der Waals surface area (Å²) in [5.41, 5.74) is 4.24. The number of nitrogens with zero attached hydrogens (tertiary/aromatic N) is 3. The molecule has 0 amide bonds. The highest BCUT2D eigenvalue weighted by Crippen LogP contribution is 2.40. The van der Waals surface area contributed by atoms with E-state index in [1.54, 1.807) is 0 Å². The van der Waals surface area contributed by atoms with Gasteiger partial charge < -0.3 is 0 Å². The zero-order valence-corrected chi connectivity index (χ0v) is 14.6. The lowest BCUT2D eigenvalue weighted by atomic mass is 10.0. The largest absolute Gasteiger partial charge is 0.297 e. The maximum Gasteiger partial charge on any atom is 0.0686 e. The van der Waals surface area contributed by atoms with Crippen molar-refractivity contribution in [3.8, 4) is 0 Å². The normalized spacial score (nSPS) is 21.7. The lowest BCUT2D eigenvalue weighted by Crippen LogP contribution is -2.36. The van der Waals surface area contributed by atoms with E-state index < -0.39 is 0 Å². The molecule has 2 fully saturated rings. The summed E-state index contributed by atoms with van der Waals surface area (Å²) in [4.78, 5) is 2.59. The predicted octanol–water partition coefficient (Wildman–Crippen LogP) is 4.75. The van der Waals surface area contributed by atoms with Crippen LogP contribution in [0.5, 0.6) is 0 Å². The quantitative estimate of drug-likeness (QED) is 0.688. The molecular weight excluding hydrogens is 306 g/mol. The number of hydrogen-bond donors (Lipinski definition) is 0. The Hall–Kier alpha value is -2.13. The molecule has 1 saturated carbocycles. The van der Waals surface area contributed by atoms with Gasteiger partial charge >= 0.3 is 0 Å². The van der Waals surface area contributed by atoms with E-state index >= 15 is 0 Å². The maximum atomic E-state index is 4.69. The van der Waals surface area contributed by atoms with E-state index in [0.717, 1.165) is 19.0 Å². The van der Waals surface area contributed by atoms with Crippen LogP contribution in [0.3, 0.4) is 0 Å². The van der Waals surface area contributed by atoms with Crippen molar-refractivity contribution in [2.75, 3.05) is 13.1 Å². The van der Waals surface area contributed by atoms with E-state index in [9.17, 15) is 0 Å². The monoisotopic (exact) mass is 331 g/mol. The minimum absolute atomic E-state index is 0.486. The molecule has 3 nitrogen and oxygen atoms in total. The van der Waals surface area contributed by atoms with Crippen LogP contribution in [0.15, 0.2) is 54.7 Å². The highest BCUT2D eigenvalue weighted by molar-refractivity contribution is 5.78. The molecule has 2 aromatic carbocycles. The van der Waals surface area contributed by atoms with E-state index in [1.165, 1.54) is 54.3 Å². The van der Waals surface area contributed by atoms with Crippen molar-refractivity contribution >= 4 is 10.9 Å². The van der Waals surface area contributed by atoms with Crippen LogP contribution in [0.25, 0.3) is 10.9 Å². The minimum atomic E-state index is 0.486. The Labute approximate surface area is 149 Å². The first kappa shape index (κ1) is 15.2. The van der Waals surface area contributed by atoms with Crippen molar-refractivity contribution in [2.45, 2.75) is 44.2 Å². The third kappa shape index (κ3) is 3.09. The zero-order valence-electron chi connectivity index (χ0n) is 14.6. The molecule has 1 aromatic heterocycles. The maximum absolute atomic E-state index is 4.69. The zero-order chi connectivity index (χ0) is 16.6. The number of piperidine rings is 1. The fraction of sp³-hybridized carbons (Fsp3) is 0.409. The van der Waals surface area contributed by atoms with Gasteiger partial charge in [0.2, 0.25) is 0 Å². The van der Waals surface area contributed by atoms with Crippen LogP contribution < -0.4 is 0 Å². The van der Waals surface area contributed by atoms with Crippen molar-refractivity contribution in [2.24, 2.45) is 0 Å². The van der Waals surface area contributed by atoms with Crippen molar-refractivity contribution < 1.29 is 0 Å². The van der Waals surface area contributed by atoms with Crippen molar-refractivity contribution in [3.05, 3.63) is 65.9 Å². The Morgan fingerprint density at radius 3 is 2.64 bits per heavy atom. The molecule has 1 unspecified atom stereocenters. The van der Waals surface area contributed by atoms with Gasteiger partial charge in [0.15, 0.2) is 0 Å². The molecule has 0 radical (unpaired) electrons. The Balaban J connectivity index is 1.30. The summed E-state index contributed by atoms with van der Waals surface area (Å²) < 4.78 is 2.25. The molecule has 5 rings (SSSR count). The standard InChI is InChI=1S/C22H25N3/c1-2-6-22-20(4-1)14-23-25(22)21-5-3-13-24(16-21)15-17-7-9-18(10-8-17)19-11-12-19/h1-2,4,6-10,14,19,21H,3,5,11-13,15-16H2. The summed E-state index contributed by atoms with van der Waals surface area (Å²) in [6.07, 6.45) is 7.24. The molecule has 2 aliphatic rings. The number of para-hydroxylation sites is 1. The van der Waals surface area contributed by atoms with Gasteiger partial charge in [0.25, 0.3) is 0 Å². The Morgan fingerprint density at radius 1 is 0.960 bits per heavy atom. The average molecular weight is 331 g/mol. The fourth-order valence-electron chi connectivity index (χ4n) is 4.23. The van der Waals surface area contributed by atoms with Crippen LogP contribution in [0.1, 0.15) is 48.8 Å². The molecule has 25 heavy (non-hydrogen) atoms.